The molecule has 0 saturated carbocycles. The van der Waals surface area contributed by atoms with Crippen molar-refractivity contribution in [3.63, 3.8) is 0 Å². The van der Waals surface area contributed by atoms with Crippen LogP contribution >= 0.6 is 11.8 Å². The SMILES string of the molecule is CCC(N)(CC)c1nc(CSC(C)(C)C)no1. The minimum Gasteiger partial charge on any atom is -0.337 e. The monoisotopic (exact) mass is 257 g/mol. The molecule has 2 N–H and O–H groups in total. The molecule has 0 aliphatic heterocycles. The number of nitrogens with two attached hydrogens (primary N) is 1. The van der Waals surface area contributed by atoms with Crippen molar-refractivity contribution in [3.05, 3.63) is 11.7 Å². The lowest BCUT2D eigenvalue weighted by Crippen LogP contribution is -2.35. The van der Waals surface area contributed by atoms with Gasteiger partial charge in [-0.2, -0.15) is 4.98 Å². The fourth-order valence-corrected chi connectivity index (χ4v) is 2.03. The number of hydrogen-bond acceptors (Lipinski definition) is 5. The Morgan fingerprint density at radius 3 is 2.29 bits per heavy atom. The van der Waals surface area contributed by atoms with E-state index in [0.717, 1.165) is 24.4 Å². The van der Waals surface area contributed by atoms with Crippen LogP contribution in [0.25, 0.3) is 0 Å². The van der Waals surface area contributed by atoms with Crippen molar-refractivity contribution in [1.29, 1.82) is 0 Å². The molecule has 0 amide bonds. The molecule has 0 radical (unpaired) electrons. The summed E-state index contributed by atoms with van der Waals surface area (Å²) in [6, 6.07) is 0. The Labute approximate surface area is 108 Å². The zero-order valence-corrected chi connectivity index (χ0v) is 12.2. The van der Waals surface area contributed by atoms with E-state index in [-0.39, 0.29) is 4.75 Å². The Bertz CT molecular complexity index is 353. The van der Waals surface area contributed by atoms with Crippen molar-refractivity contribution in [2.24, 2.45) is 5.73 Å². The van der Waals surface area contributed by atoms with E-state index in [1.54, 1.807) is 11.8 Å². The molecule has 0 aromatic carbocycles. The van der Waals surface area contributed by atoms with E-state index in [1.165, 1.54) is 0 Å². The average Bonchev–Trinajstić information content (AvgIpc) is 2.73. The molecule has 0 spiro atoms. The van der Waals surface area contributed by atoms with Gasteiger partial charge < -0.3 is 10.3 Å². The molecule has 0 atom stereocenters. The molecule has 4 nitrogen and oxygen atoms in total. The molecule has 17 heavy (non-hydrogen) atoms. The van der Waals surface area contributed by atoms with Gasteiger partial charge in [0.1, 0.15) is 0 Å². The summed E-state index contributed by atoms with van der Waals surface area (Å²) in [5.74, 6) is 2.06. The quantitative estimate of drug-likeness (QED) is 0.878. The maximum Gasteiger partial charge on any atom is 0.246 e. The fourth-order valence-electron chi connectivity index (χ4n) is 1.35. The fraction of sp³-hybridized carbons (Fsp3) is 0.833. The van der Waals surface area contributed by atoms with E-state index in [2.05, 4.69) is 30.9 Å². The molecule has 0 aliphatic carbocycles. The third-order valence-electron chi connectivity index (χ3n) is 2.79. The van der Waals surface area contributed by atoms with Crippen LogP contribution in [-0.4, -0.2) is 14.9 Å². The topological polar surface area (TPSA) is 64.9 Å². The highest BCUT2D eigenvalue weighted by atomic mass is 32.2. The largest absolute Gasteiger partial charge is 0.337 e. The maximum absolute atomic E-state index is 6.21. The molecule has 0 saturated heterocycles. The van der Waals surface area contributed by atoms with E-state index in [9.17, 15) is 0 Å². The first-order chi connectivity index (χ1) is 7.80. The summed E-state index contributed by atoms with van der Waals surface area (Å²) < 4.78 is 5.48. The molecular weight excluding hydrogens is 234 g/mol. The van der Waals surface area contributed by atoms with Crippen LogP contribution in [0.2, 0.25) is 0 Å². The van der Waals surface area contributed by atoms with Gasteiger partial charge in [-0.25, -0.2) is 0 Å². The van der Waals surface area contributed by atoms with Crippen LogP contribution in [0.1, 0.15) is 59.2 Å². The summed E-state index contributed by atoms with van der Waals surface area (Å²) in [5.41, 5.74) is 5.74. The highest BCUT2D eigenvalue weighted by Gasteiger charge is 2.30. The molecule has 1 aromatic heterocycles. The Morgan fingerprint density at radius 2 is 1.82 bits per heavy atom. The van der Waals surface area contributed by atoms with Crippen molar-refractivity contribution in [2.75, 3.05) is 0 Å². The second-order valence-electron chi connectivity index (χ2n) is 5.28. The number of rotatable bonds is 5. The second kappa shape index (κ2) is 5.40. The summed E-state index contributed by atoms with van der Waals surface area (Å²) >= 11 is 1.80. The van der Waals surface area contributed by atoms with Crippen molar-refractivity contribution in [3.8, 4) is 0 Å². The van der Waals surface area contributed by atoms with E-state index < -0.39 is 5.54 Å². The molecule has 0 bridgehead atoms. The molecule has 1 heterocycles. The highest BCUT2D eigenvalue weighted by molar-refractivity contribution is 7.99. The first kappa shape index (κ1) is 14.5. The predicted molar refractivity (Wildman–Crippen MR) is 71.8 cm³/mol. The van der Waals surface area contributed by atoms with E-state index >= 15 is 0 Å². The summed E-state index contributed by atoms with van der Waals surface area (Å²) in [7, 11) is 0. The molecule has 0 unspecified atom stereocenters. The van der Waals surface area contributed by atoms with Crippen LogP contribution in [0, 0.1) is 0 Å². The van der Waals surface area contributed by atoms with Crippen molar-refractivity contribution in [1.82, 2.24) is 10.1 Å². The molecule has 98 valence electrons. The van der Waals surface area contributed by atoms with E-state index in [4.69, 9.17) is 10.3 Å². The van der Waals surface area contributed by atoms with Crippen LogP contribution < -0.4 is 5.73 Å². The lowest BCUT2D eigenvalue weighted by molar-refractivity contribution is 0.267. The van der Waals surface area contributed by atoms with Gasteiger partial charge in [0, 0.05) is 4.75 Å². The van der Waals surface area contributed by atoms with Gasteiger partial charge in [0.25, 0.3) is 0 Å². The minimum atomic E-state index is -0.475. The normalized spacial score (nSPS) is 13.1. The number of nitrogens with zero attached hydrogens (tertiary/aromatic N) is 2. The molecule has 0 fully saturated rings. The standard InChI is InChI=1S/C12H23N3OS/c1-6-12(13,7-2)10-14-9(15-16-10)8-17-11(3,4)5/h6-8,13H2,1-5H3. The van der Waals surface area contributed by atoms with Gasteiger partial charge >= 0.3 is 0 Å². The predicted octanol–water partition coefficient (Wildman–Crippen LogP) is 3.08. The van der Waals surface area contributed by atoms with E-state index in [0.29, 0.717) is 5.89 Å². The van der Waals surface area contributed by atoms with Gasteiger partial charge in [-0.3, -0.25) is 0 Å². The molecule has 1 rings (SSSR count). The van der Waals surface area contributed by atoms with Gasteiger partial charge in [-0.15, -0.1) is 11.8 Å². The first-order valence-corrected chi connectivity index (χ1v) is 7.05. The first-order valence-electron chi connectivity index (χ1n) is 6.06. The Kier molecular flexibility index (Phi) is 4.61. The second-order valence-corrected chi connectivity index (χ2v) is 7.08. The number of aromatic nitrogens is 2. The van der Waals surface area contributed by atoms with Gasteiger partial charge in [0.05, 0.1) is 11.3 Å². The van der Waals surface area contributed by atoms with Crippen molar-refractivity contribution < 1.29 is 4.52 Å². The van der Waals surface area contributed by atoms with Gasteiger partial charge in [0.2, 0.25) is 5.89 Å². The van der Waals surface area contributed by atoms with Crippen LogP contribution in [0.15, 0.2) is 4.52 Å². The van der Waals surface area contributed by atoms with Gasteiger partial charge in [0.15, 0.2) is 5.82 Å². The van der Waals surface area contributed by atoms with Crippen LogP contribution in [-0.2, 0) is 11.3 Å². The molecular formula is C12H23N3OS. The van der Waals surface area contributed by atoms with Gasteiger partial charge in [-0.1, -0.05) is 39.8 Å². The zero-order valence-electron chi connectivity index (χ0n) is 11.4. The summed E-state index contributed by atoms with van der Waals surface area (Å²) in [6.45, 7) is 10.6. The molecule has 0 aliphatic rings. The average molecular weight is 257 g/mol. The Balaban J connectivity index is 2.71. The third-order valence-corrected chi connectivity index (χ3v) is 4.06. The zero-order chi connectivity index (χ0) is 13.1. The highest BCUT2D eigenvalue weighted by Crippen LogP contribution is 2.28. The lowest BCUT2D eigenvalue weighted by Gasteiger charge is -2.21. The van der Waals surface area contributed by atoms with E-state index in [1.807, 2.05) is 13.8 Å². The number of hydrogen-bond donors (Lipinski definition) is 1. The Hall–Kier alpha value is -0.550. The van der Waals surface area contributed by atoms with Crippen LogP contribution in [0.5, 0.6) is 0 Å². The smallest absolute Gasteiger partial charge is 0.246 e. The van der Waals surface area contributed by atoms with Crippen LogP contribution in [0.3, 0.4) is 0 Å². The third kappa shape index (κ3) is 4.00. The Morgan fingerprint density at radius 1 is 1.24 bits per heavy atom. The van der Waals surface area contributed by atoms with Gasteiger partial charge in [-0.05, 0) is 12.8 Å². The molecule has 5 heteroatoms. The summed E-state index contributed by atoms with van der Waals surface area (Å²) in [6.07, 6.45) is 1.61. The summed E-state index contributed by atoms with van der Waals surface area (Å²) in [5, 5.41) is 3.99. The summed E-state index contributed by atoms with van der Waals surface area (Å²) in [4.78, 5) is 4.40. The number of thioether (sulfide) groups is 1. The maximum atomic E-state index is 6.21. The van der Waals surface area contributed by atoms with Crippen LogP contribution in [0.4, 0.5) is 0 Å². The van der Waals surface area contributed by atoms with Crippen molar-refractivity contribution >= 4 is 11.8 Å². The van der Waals surface area contributed by atoms with Crippen molar-refractivity contribution in [2.45, 2.75) is 63.5 Å². The minimum absolute atomic E-state index is 0.204. The lowest BCUT2D eigenvalue weighted by atomic mass is 9.94. The molecule has 1 aromatic rings.